The summed E-state index contributed by atoms with van der Waals surface area (Å²) < 4.78 is 4.83. The number of ether oxygens (including phenoxy) is 1. The van der Waals surface area contributed by atoms with Gasteiger partial charge in [-0.2, -0.15) is 0 Å². The van der Waals surface area contributed by atoms with E-state index in [1.807, 2.05) is 0 Å². The van der Waals surface area contributed by atoms with Gasteiger partial charge in [0, 0.05) is 19.4 Å². The van der Waals surface area contributed by atoms with Crippen LogP contribution in [0.1, 0.15) is 0 Å². The first kappa shape index (κ1) is 14.5. The molecule has 0 spiro atoms. The van der Waals surface area contributed by atoms with Gasteiger partial charge < -0.3 is 10.1 Å². The Hall–Kier alpha value is -0.0000000000000000763. The van der Waals surface area contributed by atoms with Gasteiger partial charge in [-0.15, -0.1) is 23.6 Å². The summed E-state index contributed by atoms with van der Waals surface area (Å²) in [5.41, 5.74) is 0. The number of methoxy groups -OCH3 is 1. The van der Waals surface area contributed by atoms with E-state index in [-0.39, 0.29) is 17.0 Å². The summed E-state index contributed by atoms with van der Waals surface area (Å²) in [6, 6.07) is 0. The topological polar surface area (TPSA) is 45.1 Å². The van der Waals surface area contributed by atoms with E-state index in [1.165, 1.54) is 11.8 Å². The van der Waals surface area contributed by atoms with Crippen LogP contribution < -0.4 is 5.32 Å². The van der Waals surface area contributed by atoms with Gasteiger partial charge in [0.05, 0.1) is 6.61 Å². The second-order valence-electron chi connectivity index (χ2n) is 1.84. The fourth-order valence-corrected chi connectivity index (χ4v) is 1.08. The molecule has 0 bridgehead atoms. The molecule has 0 aromatic heterocycles. The number of thioether (sulfide) groups is 1. The zero-order valence-electron chi connectivity index (χ0n) is 7.13. The number of hydrogen-bond donors (Lipinski definition) is 2. The van der Waals surface area contributed by atoms with Crippen molar-refractivity contribution in [2.75, 3.05) is 26.0 Å². The first-order valence-electron chi connectivity index (χ1n) is 3.36. The van der Waals surface area contributed by atoms with Gasteiger partial charge in [0.1, 0.15) is 0 Å². The molecular formula is C7H15BrN2OS. The number of rotatable bonds is 5. The maximum atomic E-state index is 7.32. The normalized spacial score (nSPS) is 8.42. The van der Waals surface area contributed by atoms with Crippen LogP contribution in [0.2, 0.25) is 0 Å². The molecule has 0 unspecified atom stereocenters. The molecule has 0 aliphatic carbocycles. The molecule has 0 atom stereocenters. The Kier molecular flexibility index (Phi) is 13.3. The minimum Gasteiger partial charge on any atom is -0.384 e. The summed E-state index contributed by atoms with van der Waals surface area (Å²) in [6.45, 7) is 4.87. The number of hydrogen-bond acceptors (Lipinski definition) is 3. The molecule has 72 valence electrons. The zero-order valence-corrected chi connectivity index (χ0v) is 9.66. The largest absolute Gasteiger partial charge is 0.384 e. The summed E-state index contributed by atoms with van der Waals surface area (Å²) in [5.74, 6) is 0.819. The Balaban J connectivity index is 0. The van der Waals surface area contributed by atoms with Crippen LogP contribution in [0, 0.1) is 5.41 Å². The van der Waals surface area contributed by atoms with Crippen LogP contribution in [-0.2, 0) is 4.74 Å². The summed E-state index contributed by atoms with van der Waals surface area (Å²) in [4.78, 5) is 0. The van der Waals surface area contributed by atoms with Crippen molar-refractivity contribution in [3.8, 4) is 0 Å². The highest BCUT2D eigenvalue weighted by Gasteiger charge is 1.93. The van der Waals surface area contributed by atoms with E-state index >= 15 is 0 Å². The number of amidine groups is 1. The molecule has 5 heteroatoms. The smallest absolute Gasteiger partial charge is 0.154 e. The Labute approximate surface area is 88.2 Å². The molecule has 0 amide bonds. The average molecular weight is 255 g/mol. The standard InChI is InChI=1S/C7H14N2OS.BrH/c1-3-4-9-7(8)11-6-5-10-2;/h3H,1,4-6H2,2H3,(H2,8,9);1H. The van der Waals surface area contributed by atoms with Crippen LogP contribution in [-0.4, -0.2) is 31.2 Å². The first-order chi connectivity index (χ1) is 5.31. The van der Waals surface area contributed by atoms with Crippen molar-refractivity contribution in [2.24, 2.45) is 0 Å². The van der Waals surface area contributed by atoms with E-state index in [0.717, 1.165) is 5.75 Å². The third-order valence-corrected chi connectivity index (χ3v) is 1.74. The summed E-state index contributed by atoms with van der Waals surface area (Å²) >= 11 is 1.44. The van der Waals surface area contributed by atoms with Crippen LogP contribution >= 0.6 is 28.7 Å². The molecule has 0 heterocycles. The average Bonchev–Trinajstić information content (AvgIpc) is 2.01. The molecular weight excluding hydrogens is 240 g/mol. The van der Waals surface area contributed by atoms with Crippen molar-refractivity contribution in [1.29, 1.82) is 5.41 Å². The van der Waals surface area contributed by atoms with Gasteiger partial charge in [-0.25, -0.2) is 0 Å². The Bertz CT molecular complexity index is 133. The van der Waals surface area contributed by atoms with Crippen molar-refractivity contribution < 1.29 is 4.74 Å². The van der Waals surface area contributed by atoms with Crippen LogP contribution in [0.4, 0.5) is 0 Å². The molecule has 0 fully saturated rings. The quantitative estimate of drug-likeness (QED) is 0.340. The highest BCUT2D eigenvalue weighted by molar-refractivity contribution is 8.93. The molecule has 0 aliphatic heterocycles. The Morgan fingerprint density at radius 1 is 1.75 bits per heavy atom. The molecule has 2 N–H and O–H groups in total. The van der Waals surface area contributed by atoms with Crippen LogP contribution in [0.15, 0.2) is 12.7 Å². The highest BCUT2D eigenvalue weighted by atomic mass is 79.9. The van der Waals surface area contributed by atoms with Crippen LogP contribution in [0.3, 0.4) is 0 Å². The van der Waals surface area contributed by atoms with E-state index in [1.54, 1.807) is 13.2 Å². The second kappa shape index (κ2) is 11.0. The molecule has 0 aromatic carbocycles. The van der Waals surface area contributed by atoms with Crippen LogP contribution in [0.25, 0.3) is 0 Å². The molecule has 0 radical (unpaired) electrons. The third-order valence-electron chi connectivity index (χ3n) is 0.941. The molecule has 3 nitrogen and oxygen atoms in total. The van der Waals surface area contributed by atoms with Gasteiger partial charge in [0.15, 0.2) is 5.17 Å². The highest BCUT2D eigenvalue weighted by Crippen LogP contribution is 1.98. The maximum absolute atomic E-state index is 7.32. The summed E-state index contributed by atoms with van der Waals surface area (Å²) in [6.07, 6.45) is 1.73. The lowest BCUT2D eigenvalue weighted by Gasteiger charge is -2.03. The van der Waals surface area contributed by atoms with Gasteiger partial charge in [-0.05, 0) is 0 Å². The van der Waals surface area contributed by atoms with Gasteiger partial charge in [0.25, 0.3) is 0 Å². The van der Waals surface area contributed by atoms with Gasteiger partial charge in [0.2, 0.25) is 0 Å². The molecule has 12 heavy (non-hydrogen) atoms. The van der Waals surface area contributed by atoms with Crippen LogP contribution in [0.5, 0.6) is 0 Å². The fraction of sp³-hybridized carbons (Fsp3) is 0.571. The minimum absolute atomic E-state index is 0. The second-order valence-corrected chi connectivity index (χ2v) is 2.95. The Morgan fingerprint density at radius 2 is 2.42 bits per heavy atom. The van der Waals surface area contributed by atoms with Crippen molar-refractivity contribution in [3.63, 3.8) is 0 Å². The lowest BCUT2D eigenvalue weighted by Crippen LogP contribution is -2.19. The van der Waals surface area contributed by atoms with E-state index in [4.69, 9.17) is 10.1 Å². The van der Waals surface area contributed by atoms with Gasteiger partial charge in [-0.1, -0.05) is 17.8 Å². The fourth-order valence-electron chi connectivity index (χ4n) is 0.443. The maximum Gasteiger partial charge on any atom is 0.154 e. The minimum atomic E-state index is 0. The number of nitrogens with one attached hydrogen (secondary N) is 2. The zero-order chi connectivity index (χ0) is 8.53. The first-order valence-corrected chi connectivity index (χ1v) is 4.35. The molecule has 0 aliphatic rings. The van der Waals surface area contributed by atoms with E-state index in [2.05, 4.69) is 11.9 Å². The molecule has 0 saturated carbocycles. The lowest BCUT2D eigenvalue weighted by molar-refractivity contribution is 0.219. The number of halogens is 1. The monoisotopic (exact) mass is 254 g/mol. The van der Waals surface area contributed by atoms with E-state index < -0.39 is 0 Å². The third kappa shape index (κ3) is 10.0. The van der Waals surface area contributed by atoms with E-state index in [9.17, 15) is 0 Å². The Morgan fingerprint density at radius 3 is 2.92 bits per heavy atom. The summed E-state index contributed by atoms with van der Waals surface area (Å²) in [5, 5.41) is 10.7. The summed E-state index contributed by atoms with van der Waals surface area (Å²) in [7, 11) is 1.65. The lowest BCUT2D eigenvalue weighted by atomic mass is 10.6. The molecule has 0 aromatic rings. The van der Waals surface area contributed by atoms with Crippen molar-refractivity contribution >= 4 is 33.9 Å². The molecule has 0 rings (SSSR count). The predicted octanol–water partition coefficient (Wildman–Crippen LogP) is 1.65. The van der Waals surface area contributed by atoms with Crippen molar-refractivity contribution in [3.05, 3.63) is 12.7 Å². The van der Waals surface area contributed by atoms with Crippen molar-refractivity contribution in [1.82, 2.24) is 5.32 Å². The van der Waals surface area contributed by atoms with Gasteiger partial charge >= 0.3 is 0 Å². The van der Waals surface area contributed by atoms with Gasteiger partial charge in [-0.3, -0.25) is 5.41 Å². The predicted molar refractivity (Wildman–Crippen MR) is 60.6 cm³/mol. The SMILES string of the molecule is Br.C=CCNC(=N)SCCOC. The van der Waals surface area contributed by atoms with Crippen molar-refractivity contribution in [2.45, 2.75) is 0 Å². The van der Waals surface area contributed by atoms with E-state index in [0.29, 0.717) is 18.3 Å². The molecule has 0 saturated heterocycles.